The quantitative estimate of drug-likeness (QED) is 0.732. The van der Waals surface area contributed by atoms with Crippen molar-refractivity contribution in [1.82, 2.24) is 5.32 Å². The Morgan fingerprint density at radius 3 is 2.61 bits per heavy atom. The predicted molar refractivity (Wildman–Crippen MR) is 74.6 cm³/mol. The van der Waals surface area contributed by atoms with Crippen LogP contribution in [0.1, 0.15) is 31.4 Å². The Morgan fingerprint density at radius 1 is 1.22 bits per heavy atom. The lowest BCUT2D eigenvalue weighted by Gasteiger charge is -2.15. The molecule has 0 bridgehead atoms. The zero-order chi connectivity index (χ0) is 13.2. The normalized spacial score (nSPS) is 12.6. The first kappa shape index (κ1) is 15.2. The second-order valence-corrected chi connectivity index (χ2v) is 4.47. The molecule has 0 aliphatic heterocycles. The molecule has 0 saturated heterocycles. The number of hydrogen-bond acceptors (Lipinski definition) is 3. The molecule has 1 aromatic rings. The monoisotopic (exact) mass is 251 g/mol. The maximum atomic E-state index is 5.48. The minimum absolute atomic E-state index is 0.463. The SMILES string of the molecule is CCOCc1ccccc1CNC(C)CCOC. The summed E-state index contributed by atoms with van der Waals surface area (Å²) in [6, 6.07) is 8.89. The fourth-order valence-electron chi connectivity index (χ4n) is 1.76. The fourth-order valence-corrected chi connectivity index (χ4v) is 1.76. The van der Waals surface area contributed by atoms with Gasteiger partial charge in [-0.1, -0.05) is 24.3 Å². The minimum atomic E-state index is 0.463. The van der Waals surface area contributed by atoms with Crippen LogP contribution in [0, 0.1) is 0 Å². The van der Waals surface area contributed by atoms with Crippen LogP contribution in [-0.4, -0.2) is 26.4 Å². The molecule has 3 nitrogen and oxygen atoms in total. The Kier molecular flexibility index (Phi) is 7.65. The maximum absolute atomic E-state index is 5.48. The van der Waals surface area contributed by atoms with Crippen molar-refractivity contribution in [2.45, 2.75) is 39.5 Å². The standard InChI is InChI=1S/C15H25NO2/c1-4-18-12-15-8-6-5-7-14(15)11-16-13(2)9-10-17-3/h5-8,13,16H,4,9-12H2,1-3H3. The van der Waals surface area contributed by atoms with Crippen LogP contribution >= 0.6 is 0 Å². The van der Waals surface area contributed by atoms with Crippen molar-refractivity contribution in [2.24, 2.45) is 0 Å². The molecule has 0 aliphatic rings. The van der Waals surface area contributed by atoms with Gasteiger partial charge in [-0.15, -0.1) is 0 Å². The zero-order valence-electron chi connectivity index (χ0n) is 11.7. The van der Waals surface area contributed by atoms with Crippen LogP contribution in [0.15, 0.2) is 24.3 Å². The number of benzene rings is 1. The van der Waals surface area contributed by atoms with Gasteiger partial charge in [0.15, 0.2) is 0 Å². The second kappa shape index (κ2) is 9.09. The van der Waals surface area contributed by atoms with Crippen LogP contribution in [0.25, 0.3) is 0 Å². The lowest BCUT2D eigenvalue weighted by Crippen LogP contribution is -2.27. The number of rotatable bonds is 9. The van der Waals surface area contributed by atoms with Crippen molar-refractivity contribution in [3.8, 4) is 0 Å². The third-order valence-corrected chi connectivity index (χ3v) is 2.98. The van der Waals surface area contributed by atoms with Gasteiger partial charge in [0.05, 0.1) is 6.61 Å². The van der Waals surface area contributed by atoms with E-state index in [0.29, 0.717) is 12.6 Å². The van der Waals surface area contributed by atoms with E-state index in [1.165, 1.54) is 11.1 Å². The molecule has 0 fully saturated rings. The van der Waals surface area contributed by atoms with E-state index < -0.39 is 0 Å². The molecule has 1 atom stereocenters. The highest BCUT2D eigenvalue weighted by atomic mass is 16.5. The van der Waals surface area contributed by atoms with E-state index >= 15 is 0 Å². The summed E-state index contributed by atoms with van der Waals surface area (Å²) in [6.45, 7) is 7.34. The first-order valence-electron chi connectivity index (χ1n) is 6.64. The van der Waals surface area contributed by atoms with E-state index in [1.807, 2.05) is 6.92 Å². The smallest absolute Gasteiger partial charge is 0.0719 e. The topological polar surface area (TPSA) is 30.5 Å². The van der Waals surface area contributed by atoms with Crippen molar-refractivity contribution in [3.05, 3.63) is 35.4 Å². The van der Waals surface area contributed by atoms with Crippen LogP contribution < -0.4 is 5.32 Å². The molecule has 0 amide bonds. The van der Waals surface area contributed by atoms with Gasteiger partial charge in [-0.3, -0.25) is 0 Å². The third-order valence-electron chi connectivity index (χ3n) is 2.98. The molecular formula is C15H25NO2. The second-order valence-electron chi connectivity index (χ2n) is 4.47. The van der Waals surface area contributed by atoms with Gasteiger partial charge in [-0.2, -0.15) is 0 Å². The van der Waals surface area contributed by atoms with Gasteiger partial charge in [-0.05, 0) is 31.4 Å². The molecular weight excluding hydrogens is 226 g/mol. The minimum Gasteiger partial charge on any atom is -0.385 e. The van der Waals surface area contributed by atoms with E-state index in [-0.39, 0.29) is 0 Å². The van der Waals surface area contributed by atoms with E-state index in [2.05, 4.69) is 36.5 Å². The predicted octanol–water partition coefficient (Wildman–Crippen LogP) is 2.74. The van der Waals surface area contributed by atoms with Gasteiger partial charge >= 0.3 is 0 Å². The van der Waals surface area contributed by atoms with Gasteiger partial charge in [-0.25, -0.2) is 0 Å². The molecule has 0 saturated carbocycles. The Balaban J connectivity index is 2.45. The fraction of sp³-hybridized carbons (Fsp3) is 0.600. The van der Waals surface area contributed by atoms with Gasteiger partial charge in [0, 0.05) is 32.9 Å². The highest BCUT2D eigenvalue weighted by molar-refractivity contribution is 5.26. The maximum Gasteiger partial charge on any atom is 0.0719 e. The molecule has 0 heterocycles. The van der Waals surface area contributed by atoms with Crippen LogP contribution in [0.5, 0.6) is 0 Å². The van der Waals surface area contributed by atoms with Crippen molar-refractivity contribution in [1.29, 1.82) is 0 Å². The van der Waals surface area contributed by atoms with E-state index in [1.54, 1.807) is 7.11 Å². The third kappa shape index (κ3) is 5.63. The highest BCUT2D eigenvalue weighted by Gasteiger charge is 2.04. The summed E-state index contributed by atoms with van der Waals surface area (Å²) in [7, 11) is 1.74. The van der Waals surface area contributed by atoms with Crippen LogP contribution in [0.3, 0.4) is 0 Å². The van der Waals surface area contributed by atoms with Gasteiger partial charge in [0.25, 0.3) is 0 Å². The van der Waals surface area contributed by atoms with E-state index in [4.69, 9.17) is 9.47 Å². The molecule has 0 aromatic heterocycles. The molecule has 3 heteroatoms. The lowest BCUT2D eigenvalue weighted by molar-refractivity contribution is 0.133. The Morgan fingerprint density at radius 2 is 1.94 bits per heavy atom. The number of methoxy groups -OCH3 is 1. The average Bonchev–Trinajstić information content (AvgIpc) is 2.41. The summed E-state index contributed by atoms with van der Waals surface area (Å²) in [5, 5.41) is 3.51. The molecule has 0 spiro atoms. The average molecular weight is 251 g/mol. The summed E-state index contributed by atoms with van der Waals surface area (Å²) in [6.07, 6.45) is 1.03. The van der Waals surface area contributed by atoms with Crippen LogP contribution in [0.2, 0.25) is 0 Å². The Hall–Kier alpha value is -0.900. The largest absolute Gasteiger partial charge is 0.385 e. The molecule has 102 valence electrons. The van der Waals surface area contributed by atoms with Gasteiger partial charge in [0.1, 0.15) is 0 Å². The first-order valence-corrected chi connectivity index (χ1v) is 6.64. The molecule has 0 aliphatic carbocycles. The summed E-state index contributed by atoms with van der Waals surface area (Å²) < 4.78 is 10.6. The molecule has 1 rings (SSSR count). The molecule has 1 aromatic carbocycles. The van der Waals surface area contributed by atoms with Crippen molar-refractivity contribution in [2.75, 3.05) is 20.3 Å². The summed E-state index contributed by atoms with van der Waals surface area (Å²) in [5.74, 6) is 0. The van der Waals surface area contributed by atoms with Gasteiger partial charge in [0.2, 0.25) is 0 Å². The summed E-state index contributed by atoms with van der Waals surface area (Å²) in [5.41, 5.74) is 2.58. The zero-order valence-corrected chi connectivity index (χ0v) is 11.7. The number of nitrogens with one attached hydrogen (secondary N) is 1. The summed E-state index contributed by atoms with van der Waals surface area (Å²) in [4.78, 5) is 0. The van der Waals surface area contributed by atoms with Crippen molar-refractivity contribution >= 4 is 0 Å². The lowest BCUT2D eigenvalue weighted by atomic mass is 10.1. The number of hydrogen-bond donors (Lipinski definition) is 1. The molecule has 18 heavy (non-hydrogen) atoms. The van der Waals surface area contributed by atoms with Crippen LogP contribution in [-0.2, 0) is 22.6 Å². The van der Waals surface area contributed by atoms with Crippen molar-refractivity contribution in [3.63, 3.8) is 0 Å². The molecule has 1 N–H and O–H groups in total. The molecule has 0 radical (unpaired) electrons. The highest BCUT2D eigenvalue weighted by Crippen LogP contribution is 2.10. The first-order chi connectivity index (χ1) is 8.77. The van der Waals surface area contributed by atoms with Crippen molar-refractivity contribution < 1.29 is 9.47 Å². The summed E-state index contributed by atoms with van der Waals surface area (Å²) >= 11 is 0. The molecule has 1 unspecified atom stereocenters. The van der Waals surface area contributed by atoms with E-state index in [0.717, 1.165) is 26.2 Å². The number of ether oxygens (including phenoxy) is 2. The van der Waals surface area contributed by atoms with Crippen LogP contribution in [0.4, 0.5) is 0 Å². The Bertz CT molecular complexity index is 328. The van der Waals surface area contributed by atoms with Gasteiger partial charge < -0.3 is 14.8 Å². The Labute approximate surface area is 110 Å². The van der Waals surface area contributed by atoms with E-state index in [9.17, 15) is 0 Å².